The van der Waals surface area contributed by atoms with Gasteiger partial charge in [-0.2, -0.15) is 0 Å². The van der Waals surface area contributed by atoms with Crippen LogP contribution in [0.4, 0.5) is 0 Å². The summed E-state index contributed by atoms with van der Waals surface area (Å²) in [5, 5.41) is 11.9. The van der Waals surface area contributed by atoms with Crippen LogP contribution in [-0.2, 0) is 0 Å². The van der Waals surface area contributed by atoms with Gasteiger partial charge >= 0.3 is 0 Å². The zero-order valence-corrected chi connectivity index (χ0v) is 7.85. The van der Waals surface area contributed by atoms with Gasteiger partial charge in [0.1, 0.15) is 0 Å². The average Bonchev–Trinajstić information content (AvgIpc) is 2.27. The first-order chi connectivity index (χ1) is 6.81. The highest BCUT2D eigenvalue weighted by molar-refractivity contribution is 5.83. The van der Waals surface area contributed by atoms with Gasteiger partial charge in [0.05, 0.1) is 6.10 Å². The molecule has 0 aliphatic heterocycles. The zero-order chi connectivity index (χ0) is 9.97. The second kappa shape index (κ2) is 3.78. The lowest BCUT2D eigenvalue weighted by Crippen LogP contribution is -2.11. The Morgan fingerprint density at radius 1 is 1.07 bits per heavy atom. The van der Waals surface area contributed by atoms with Crippen molar-refractivity contribution in [1.29, 1.82) is 0 Å². The molecular weight excluding hydrogens is 174 g/mol. The van der Waals surface area contributed by atoms with Crippen LogP contribution in [0.2, 0.25) is 0 Å². The van der Waals surface area contributed by atoms with E-state index >= 15 is 0 Å². The van der Waals surface area contributed by atoms with Gasteiger partial charge in [-0.1, -0.05) is 36.4 Å². The molecule has 2 nitrogen and oxygen atoms in total. The summed E-state index contributed by atoms with van der Waals surface area (Å²) >= 11 is 0. The fourth-order valence-electron chi connectivity index (χ4n) is 1.55. The number of hydrogen-bond acceptors (Lipinski definition) is 2. The molecule has 2 aromatic rings. The second-order valence-electron chi connectivity index (χ2n) is 3.36. The van der Waals surface area contributed by atoms with Crippen LogP contribution >= 0.6 is 0 Å². The smallest absolute Gasteiger partial charge is 0.0912 e. The van der Waals surface area contributed by atoms with E-state index in [-0.39, 0.29) is 6.54 Å². The number of rotatable bonds is 2. The quantitative estimate of drug-likeness (QED) is 0.753. The lowest BCUT2D eigenvalue weighted by atomic mass is 10.0. The Labute approximate surface area is 83.0 Å². The first-order valence-corrected chi connectivity index (χ1v) is 4.68. The normalized spacial score (nSPS) is 13.0. The van der Waals surface area contributed by atoms with E-state index < -0.39 is 6.10 Å². The molecule has 0 spiro atoms. The summed E-state index contributed by atoms with van der Waals surface area (Å²) in [7, 11) is 0. The molecule has 0 bridgehead atoms. The highest BCUT2D eigenvalue weighted by atomic mass is 16.3. The summed E-state index contributed by atoms with van der Waals surface area (Å²) in [6, 6.07) is 14.0. The Bertz CT molecular complexity index is 439. The average molecular weight is 187 g/mol. The number of hydrogen-bond donors (Lipinski definition) is 2. The first-order valence-electron chi connectivity index (χ1n) is 4.68. The molecule has 0 amide bonds. The Balaban J connectivity index is 2.51. The van der Waals surface area contributed by atoms with Crippen LogP contribution in [0.3, 0.4) is 0 Å². The highest BCUT2D eigenvalue weighted by Crippen LogP contribution is 2.19. The minimum absolute atomic E-state index is 0.262. The molecule has 0 radical (unpaired) electrons. The Hall–Kier alpha value is -1.38. The van der Waals surface area contributed by atoms with Crippen molar-refractivity contribution in [3.05, 3.63) is 48.0 Å². The molecule has 1 atom stereocenters. The van der Waals surface area contributed by atoms with Gasteiger partial charge in [-0.3, -0.25) is 0 Å². The summed E-state index contributed by atoms with van der Waals surface area (Å²) in [6.45, 7) is 0.262. The lowest BCUT2D eigenvalue weighted by Gasteiger charge is -2.08. The lowest BCUT2D eigenvalue weighted by molar-refractivity contribution is 0.187. The van der Waals surface area contributed by atoms with E-state index in [1.807, 2.05) is 42.5 Å². The van der Waals surface area contributed by atoms with Crippen LogP contribution < -0.4 is 5.73 Å². The maximum absolute atomic E-state index is 9.56. The standard InChI is InChI=1S/C12H13NO/c13-8-12(14)11-6-5-9-3-1-2-4-10(9)7-11/h1-7,12,14H,8,13H2/t12-/m0/s1. The van der Waals surface area contributed by atoms with Crippen LogP contribution in [0.15, 0.2) is 42.5 Å². The Kier molecular flexibility index (Phi) is 2.48. The summed E-state index contributed by atoms with van der Waals surface area (Å²) in [5.74, 6) is 0. The van der Waals surface area contributed by atoms with Gasteiger partial charge in [-0.15, -0.1) is 0 Å². The molecule has 0 aliphatic rings. The van der Waals surface area contributed by atoms with E-state index in [0.29, 0.717) is 0 Å². The Morgan fingerprint density at radius 3 is 2.50 bits per heavy atom. The monoisotopic (exact) mass is 187 g/mol. The molecule has 2 heteroatoms. The van der Waals surface area contributed by atoms with E-state index in [1.165, 1.54) is 5.39 Å². The van der Waals surface area contributed by atoms with Gasteiger partial charge in [0.25, 0.3) is 0 Å². The fraction of sp³-hybridized carbons (Fsp3) is 0.167. The zero-order valence-electron chi connectivity index (χ0n) is 7.85. The first kappa shape index (κ1) is 9.19. The van der Waals surface area contributed by atoms with E-state index in [9.17, 15) is 5.11 Å². The van der Waals surface area contributed by atoms with Crippen LogP contribution in [0.5, 0.6) is 0 Å². The van der Waals surface area contributed by atoms with E-state index in [4.69, 9.17) is 5.73 Å². The number of aliphatic hydroxyl groups excluding tert-OH is 1. The molecule has 0 unspecified atom stereocenters. The van der Waals surface area contributed by atoms with Crippen molar-refractivity contribution in [3.8, 4) is 0 Å². The van der Waals surface area contributed by atoms with Crippen LogP contribution in [-0.4, -0.2) is 11.7 Å². The molecule has 72 valence electrons. The molecule has 0 aromatic heterocycles. The third-order valence-electron chi connectivity index (χ3n) is 2.38. The minimum atomic E-state index is -0.556. The van der Waals surface area contributed by atoms with Crippen molar-refractivity contribution in [2.75, 3.05) is 6.54 Å². The molecule has 0 aliphatic carbocycles. The topological polar surface area (TPSA) is 46.2 Å². The molecular formula is C12H13NO. The molecule has 0 fully saturated rings. The van der Waals surface area contributed by atoms with Gasteiger partial charge in [0.2, 0.25) is 0 Å². The van der Waals surface area contributed by atoms with Gasteiger partial charge in [-0.05, 0) is 22.4 Å². The highest BCUT2D eigenvalue weighted by Gasteiger charge is 2.04. The van der Waals surface area contributed by atoms with E-state index in [0.717, 1.165) is 10.9 Å². The molecule has 2 aromatic carbocycles. The van der Waals surface area contributed by atoms with Gasteiger partial charge < -0.3 is 10.8 Å². The number of nitrogens with two attached hydrogens (primary N) is 1. The van der Waals surface area contributed by atoms with Crippen molar-refractivity contribution in [2.24, 2.45) is 5.73 Å². The number of benzene rings is 2. The predicted molar refractivity (Wildman–Crippen MR) is 58.0 cm³/mol. The number of fused-ring (bicyclic) bond motifs is 1. The minimum Gasteiger partial charge on any atom is -0.387 e. The molecule has 0 saturated heterocycles. The van der Waals surface area contributed by atoms with Crippen LogP contribution in [0.25, 0.3) is 10.8 Å². The van der Waals surface area contributed by atoms with E-state index in [2.05, 4.69) is 0 Å². The second-order valence-corrected chi connectivity index (χ2v) is 3.36. The van der Waals surface area contributed by atoms with Gasteiger partial charge in [0.15, 0.2) is 0 Å². The van der Waals surface area contributed by atoms with Crippen molar-refractivity contribution < 1.29 is 5.11 Å². The maximum atomic E-state index is 9.56. The van der Waals surface area contributed by atoms with Crippen molar-refractivity contribution in [3.63, 3.8) is 0 Å². The third kappa shape index (κ3) is 1.62. The summed E-state index contributed by atoms with van der Waals surface area (Å²) in [6.07, 6.45) is -0.556. The molecule has 0 heterocycles. The van der Waals surface area contributed by atoms with Crippen LogP contribution in [0, 0.1) is 0 Å². The molecule has 0 saturated carbocycles. The third-order valence-corrected chi connectivity index (χ3v) is 2.38. The fourth-order valence-corrected chi connectivity index (χ4v) is 1.55. The predicted octanol–water partition coefficient (Wildman–Crippen LogP) is 1.83. The molecule has 3 N–H and O–H groups in total. The number of aliphatic hydroxyl groups is 1. The summed E-state index contributed by atoms with van der Waals surface area (Å²) in [4.78, 5) is 0. The molecule has 2 rings (SSSR count). The van der Waals surface area contributed by atoms with Crippen LogP contribution in [0.1, 0.15) is 11.7 Å². The van der Waals surface area contributed by atoms with E-state index in [1.54, 1.807) is 0 Å². The van der Waals surface area contributed by atoms with Crippen molar-refractivity contribution in [2.45, 2.75) is 6.10 Å². The maximum Gasteiger partial charge on any atom is 0.0912 e. The largest absolute Gasteiger partial charge is 0.387 e. The van der Waals surface area contributed by atoms with Crippen molar-refractivity contribution >= 4 is 10.8 Å². The summed E-state index contributed by atoms with van der Waals surface area (Å²) < 4.78 is 0. The SMILES string of the molecule is NC[C@H](O)c1ccc2ccccc2c1. The molecule has 14 heavy (non-hydrogen) atoms. The summed E-state index contributed by atoms with van der Waals surface area (Å²) in [5.41, 5.74) is 6.28. The van der Waals surface area contributed by atoms with Gasteiger partial charge in [-0.25, -0.2) is 0 Å². The van der Waals surface area contributed by atoms with Crippen molar-refractivity contribution in [1.82, 2.24) is 0 Å². The Morgan fingerprint density at radius 2 is 1.79 bits per heavy atom. The van der Waals surface area contributed by atoms with Gasteiger partial charge in [0, 0.05) is 6.54 Å².